The second-order valence-electron chi connectivity index (χ2n) is 3.42. The van der Waals surface area contributed by atoms with Crippen molar-refractivity contribution in [3.05, 3.63) is 10.4 Å². The van der Waals surface area contributed by atoms with Gasteiger partial charge in [0.2, 0.25) is 0 Å². The van der Waals surface area contributed by atoms with E-state index < -0.39 is 18.2 Å². The number of nitrogens with zero attached hydrogens (tertiary/aromatic N) is 3. The zero-order valence-corrected chi connectivity index (χ0v) is 6.83. The molecule has 0 spiro atoms. The molecule has 6 nitrogen and oxygen atoms in total. The molecule has 1 saturated carbocycles. The fraction of sp³-hybridized carbons (Fsp3) is 0.857. The average molecular weight is 183 g/mol. The largest absolute Gasteiger partial charge is 0.459 e. The van der Waals surface area contributed by atoms with Gasteiger partial charge in [0.25, 0.3) is 0 Å². The second kappa shape index (κ2) is 2.90. The molecule has 0 bridgehead atoms. The molecule has 0 aromatic rings. The van der Waals surface area contributed by atoms with Crippen molar-refractivity contribution in [1.29, 1.82) is 0 Å². The Balaban J connectivity index is 2.12. The molecule has 1 saturated heterocycles. The minimum absolute atomic E-state index is 0.0259. The highest BCUT2D eigenvalue weighted by Crippen LogP contribution is 2.38. The van der Waals surface area contributed by atoms with Crippen molar-refractivity contribution in [1.82, 2.24) is 0 Å². The molecule has 13 heavy (non-hydrogen) atoms. The van der Waals surface area contributed by atoms with Crippen molar-refractivity contribution in [2.75, 3.05) is 0 Å². The van der Waals surface area contributed by atoms with Crippen molar-refractivity contribution < 1.29 is 14.6 Å². The molecule has 0 unspecified atom stereocenters. The third-order valence-electron chi connectivity index (χ3n) is 2.64. The van der Waals surface area contributed by atoms with Crippen LogP contribution in [0, 0.1) is 5.92 Å². The summed E-state index contributed by atoms with van der Waals surface area (Å²) in [5.41, 5.74) is 8.20. The molecule has 1 aliphatic carbocycles. The predicted octanol–water partition coefficient (Wildman–Crippen LogP) is 0.362. The molecule has 0 radical (unpaired) electrons. The first kappa shape index (κ1) is 8.34. The van der Waals surface area contributed by atoms with Gasteiger partial charge >= 0.3 is 5.97 Å². The standard InChI is InChI=1S/C7H9N3O3/c8-10-9-4-1-3-2-5(11)13-7(3)6(4)12/h3-4,6-7,12H,1-2H2/t3-,4+,6+,7+/m0/s1. The van der Waals surface area contributed by atoms with E-state index in [1.165, 1.54) is 0 Å². The molecule has 1 aliphatic heterocycles. The number of esters is 1. The lowest BCUT2D eigenvalue weighted by Crippen LogP contribution is -2.29. The molecular formula is C7H9N3O3. The summed E-state index contributed by atoms with van der Waals surface area (Å²) in [5, 5.41) is 13.0. The lowest BCUT2D eigenvalue weighted by atomic mass is 10.0. The molecule has 6 heteroatoms. The molecule has 2 aliphatic rings. The minimum atomic E-state index is -0.827. The van der Waals surface area contributed by atoms with Crippen molar-refractivity contribution >= 4 is 5.97 Å². The van der Waals surface area contributed by atoms with E-state index in [2.05, 4.69) is 10.0 Å². The third-order valence-corrected chi connectivity index (χ3v) is 2.64. The van der Waals surface area contributed by atoms with E-state index in [-0.39, 0.29) is 11.9 Å². The lowest BCUT2D eigenvalue weighted by Gasteiger charge is -2.13. The quantitative estimate of drug-likeness (QED) is 0.275. The van der Waals surface area contributed by atoms with Gasteiger partial charge < -0.3 is 9.84 Å². The summed E-state index contributed by atoms with van der Waals surface area (Å²) < 4.78 is 4.90. The normalized spacial score (nSPS) is 42.4. The van der Waals surface area contributed by atoms with Crippen LogP contribution in [0.1, 0.15) is 12.8 Å². The van der Waals surface area contributed by atoms with Crippen LogP contribution in [0.5, 0.6) is 0 Å². The van der Waals surface area contributed by atoms with Crippen molar-refractivity contribution in [2.45, 2.75) is 31.1 Å². The van der Waals surface area contributed by atoms with Crippen LogP contribution in [0.2, 0.25) is 0 Å². The Morgan fingerprint density at radius 1 is 1.69 bits per heavy atom. The van der Waals surface area contributed by atoms with Gasteiger partial charge in [-0.3, -0.25) is 4.79 Å². The van der Waals surface area contributed by atoms with Crippen LogP contribution in [-0.2, 0) is 9.53 Å². The van der Waals surface area contributed by atoms with Crippen LogP contribution in [0.3, 0.4) is 0 Å². The molecule has 2 fully saturated rings. The molecule has 2 rings (SSSR count). The Labute approximate surface area is 74.1 Å². The number of hydrogen-bond acceptors (Lipinski definition) is 4. The molecule has 4 atom stereocenters. The maximum absolute atomic E-state index is 10.8. The highest BCUT2D eigenvalue weighted by Gasteiger charge is 2.49. The van der Waals surface area contributed by atoms with Gasteiger partial charge in [-0.05, 0) is 12.0 Å². The van der Waals surface area contributed by atoms with Crippen LogP contribution < -0.4 is 0 Å². The summed E-state index contributed by atoms with van der Waals surface area (Å²) in [6.45, 7) is 0. The summed E-state index contributed by atoms with van der Waals surface area (Å²) in [5.74, 6) is -0.244. The monoisotopic (exact) mass is 183 g/mol. The van der Waals surface area contributed by atoms with Crippen LogP contribution in [0.25, 0.3) is 10.4 Å². The number of carbonyl (C=O) groups is 1. The lowest BCUT2D eigenvalue weighted by molar-refractivity contribution is -0.145. The highest BCUT2D eigenvalue weighted by molar-refractivity contribution is 5.72. The topological polar surface area (TPSA) is 95.3 Å². The van der Waals surface area contributed by atoms with Crippen LogP contribution in [0.4, 0.5) is 0 Å². The van der Waals surface area contributed by atoms with Gasteiger partial charge in [0, 0.05) is 10.8 Å². The first-order valence-electron chi connectivity index (χ1n) is 4.14. The minimum Gasteiger partial charge on any atom is -0.459 e. The van der Waals surface area contributed by atoms with Gasteiger partial charge in [0.15, 0.2) is 0 Å². The number of hydrogen-bond donors (Lipinski definition) is 1. The molecule has 0 aromatic carbocycles. The van der Waals surface area contributed by atoms with Crippen LogP contribution in [-0.4, -0.2) is 29.3 Å². The van der Waals surface area contributed by atoms with E-state index in [1.807, 2.05) is 0 Å². The van der Waals surface area contributed by atoms with E-state index in [0.29, 0.717) is 12.8 Å². The summed E-state index contributed by atoms with van der Waals surface area (Å²) in [6.07, 6.45) is -0.406. The Hall–Kier alpha value is -1.26. The highest BCUT2D eigenvalue weighted by atomic mass is 16.6. The van der Waals surface area contributed by atoms with Gasteiger partial charge in [0.1, 0.15) is 6.10 Å². The Bertz CT molecular complexity index is 287. The van der Waals surface area contributed by atoms with E-state index in [1.54, 1.807) is 0 Å². The maximum atomic E-state index is 10.8. The SMILES string of the molecule is [N-]=[N+]=N[C@@H]1C[C@H]2CC(=O)O[C@H]2[C@@H]1O. The summed E-state index contributed by atoms with van der Waals surface area (Å²) >= 11 is 0. The zero-order valence-electron chi connectivity index (χ0n) is 6.83. The fourth-order valence-corrected chi connectivity index (χ4v) is 2.04. The summed E-state index contributed by atoms with van der Waals surface area (Å²) in [6, 6.07) is -0.437. The predicted molar refractivity (Wildman–Crippen MR) is 41.5 cm³/mol. The number of ether oxygens (including phenoxy) is 1. The third kappa shape index (κ3) is 1.24. The first-order valence-corrected chi connectivity index (χ1v) is 4.14. The summed E-state index contributed by atoms with van der Waals surface area (Å²) in [7, 11) is 0. The van der Waals surface area contributed by atoms with Crippen molar-refractivity contribution in [2.24, 2.45) is 11.0 Å². The van der Waals surface area contributed by atoms with Gasteiger partial charge in [0.05, 0.1) is 18.6 Å². The maximum Gasteiger partial charge on any atom is 0.306 e. The van der Waals surface area contributed by atoms with E-state index >= 15 is 0 Å². The Morgan fingerprint density at radius 3 is 3.08 bits per heavy atom. The second-order valence-corrected chi connectivity index (χ2v) is 3.42. The van der Waals surface area contributed by atoms with Gasteiger partial charge in [-0.2, -0.15) is 0 Å². The number of aliphatic hydroxyl groups excluding tert-OH is 1. The first-order chi connectivity index (χ1) is 6.22. The van der Waals surface area contributed by atoms with E-state index in [0.717, 1.165) is 0 Å². The number of aliphatic hydroxyl groups is 1. The molecule has 0 amide bonds. The van der Waals surface area contributed by atoms with Crippen molar-refractivity contribution in [3.8, 4) is 0 Å². The molecular weight excluding hydrogens is 174 g/mol. The summed E-state index contributed by atoms with van der Waals surface area (Å²) in [4.78, 5) is 13.5. The van der Waals surface area contributed by atoms with Crippen molar-refractivity contribution in [3.63, 3.8) is 0 Å². The van der Waals surface area contributed by atoms with Gasteiger partial charge in [-0.25, -0.2) is 0 Å². The van der Waals surface area contributed by atoms with Crippen LogP contribution >= 0.6 is 0 Å². The van der Waals surface area contributed by atoms with Crippen LogP contribution in [0.15, 0.2) is 5.11 Å². The zero-order chi connectivity index (χ0) is 9.42. The van der Waals surface area contributed by atoms with Gasteiger partial charge in [-0.15, -0.1) is 0 Å². The fourth-order valence-electron chi connectivity index (χ4n) is 2.04. The number of azide groups is 1. The van der Waals surface area contributed by atoms with E-state index in [4.69, 9.17) is 10.3 Å². The average Bonchev–Trinajstić information content (AvgIpc) is 2.54. The Kier molecular flexibility index (Phi) is 1.86. The molecule has 70 valence electrons. The van der Waals surface area contributed by atoms with E-state index in [9.17, 15) is 9.90 Å². The molecule has 1 N–H and O–H groups in total. The molecule has 0 aromatic heterocycles. The smallest absolute Gasteiger partial charge is 0.306 e. The number of carbonyl (C=O) groups excluding carboxylic acids is 1. The Morgan fingerprint density at radius 2 is 2.46 bits per heavy atom. The van der Waals surface area contributed by atoms with Gasteiger partial charge in [-0.1, -0.05) is 5.11 Å². The number of rotatable bonds is 1. The molecule has 1 heterocycles. The number of fused-ring (bicyclic) bond motifs is 1.